The van der Waals surface area contributed by atoms with E-state index < -0.39 is 0 Å². The molecule has 0 saturated heterocycles. The maximum atomic E-state index is 8.69. The largest absolute Gasteiger partial charge is 0.395 e. The lowest BCUT2D eigenvalue weighted by Gasteiger charge is -2.36. The zero-order valence-corrected chi connectivity index (χ0v) is 9.24. The van der Waals surface area contributed by atoms with Crippen molar-refractivity contribution in [3.63, 3.8) is 0 Å². The highest BCUT2D eigenvalue weighted by atomic mass is 16.3. The molecule has 2 rings (SSSR count). The fraction of sp³-hybridized carbons (Fsp3) is 0.538. The highest BCUT2D eigenvalue weighted by molar-refractivity contribution is 5.26. The first-order chi connectivity index (χ1) is 7.29. The van der Waals surface area contributed by atoms with Crippen molar-refractivity contribution >= 4 is 0 Å². The zero-order valence-electron chi connectivity index (χ0n) is 9.24. The lowest BCUT2D eigenvalue weighted by atomic mass is 9.76. The van der Waals surface area contributed by atoms with Gasteiger partial charge in [-0.3, -0.25) is 0 Å². The highest BCUT2D eigenvalue weighted by Gasteiger charge is 2.29. The van der Waals surface area contributed by atoms with Crippen LogP contribution < -0.4 is 5.32 Å². The van der Waals surface area contributed by atoms with E-state index in [-0.39, 0.29) is 6.61 Å². The Bertz CT molecular complexity index is 301. The van der Waals surface area contributed by atoms with Crippen molar-refractivity contribution in [2.45, 2.75) is 31.7 Å². The van der Waals surface area contributed by atoms with E-state index in [1.54, 1.807) is 0 Å². The summed E-state index contributed by atoms with van der Waals surface area (Å²) in [5.74, 6) is 0.724. The van der Waals surface area contributed by atoms with Crippen molar-refractivity contribution in [1.82, 2.24) is 5.32 Å². The van der Waals surface area contributed by atoms with E-state index in [4.69, 9.17) is 5.11 Å². The van der Waals surface area contributed by atoms with Gasteiger partial charge in [0.15, 0.2) is 0 Å². The molecule has 0 amide bonds. The standard InChI is InChI=1S/C13H19NO/c1-10-2-4-11(5-3-10)12-8-13(9-12)14-6-7-15/h2-5,12-15H,6-9H2,1H3. The molecule has 2 nitrogen and oxygen atoms in total. The van der Waals surface area contributed by atoms with E-state index in [2.05, 4.69) is 36.5 Å². The second-order valence-electron chi connectivity index (χ2n) is 4.45. The summed E-state index contributed by atoms with van der Waals surface area (Å²) in [6.45, 7) is 3.09. The Morgan fingerprint density at radius 3 is 2.53 bits per heavy atom. The second kappa shape index (κ2) is 4.77. The van der Waals surface area contributed by atoms with Gasteiger partial charge in [0.25, 0.3) is 0 Å². The third-order valence-electron chi connectivity index (χ3n) is 3.23. The van der Waals surface area contributed by atoms with Crippen molar-refractivity contribution in [3.05, 3.63) is 35.4 Å². The van der Waals surface area contributed by atoms with Crippen LogP contribution in [0.5, 0.6) is 0 Å². The first-order valence-corrected chi connectivity index (χ1v) is 5.70. The van der Waals surface area contributed by atoms with Crippen LogP contribution in [-0.4, -0.2) is 24.3 Å². The molecule has 1 aromatic carbocycles. The average Bonchev–Trinajstić information content (AvgIpc) is 2.18. The predicted octanol–water partition coefficient (Wildman–Crippen LogP) is 1.82. The number of benzene rings is 1. The van der Waals surface area contributed by atoms with Gasteiger partial charge < -0.3 is 10.4 Å². The lowest BCUT2D eigenvalue weighted by Crippen LogP contribution is -2.41. The monoisotopic (exact) mass is 205 g/mol. The molecule has 0 spiro atoms. The van der Waals surface area contributed by atoms with Crippen molar-refractivity contribution in [2.24, 2.45) is 0 Å². The van der Waals surface area contributed by atoms with Gasteiger partial charge in [0.05, 0.1) is 6.61 Å². The molecule has 2 N–H and O–H groups in total. The Hall–Kier alpha value is -0.860. The van der Waals surface area contributed by atoms with Crippen LogP contribution in [0.3, 0.4) is 0 Å². The minimum atomic E-state index is 0.242. The fourth-order valence-electron chi connectivity index (χ4n) is 2.16. The Balaban J connectivity index is 1.81. The lowest BCUT2D eigenvalue weighted by molar-refractivity contribution is 0.244. The van der Waals surface area contributed by atoms with Crippen LogP contribution in [0.2, 0.25) is 0 Å². The molecule has 1 fully saturated rings. The number of aliphatic hydroxyl groups is 1. The van der Waals surface area contributed by atoms with Crippen molar-refractivity contribution in [1.29, 1.82) is 0 Å². The number of nitrogens with one attached hydrogen (secondary N) is 1. The van der Waals surface area contributed by atoms with Crippen LogP contribution in [0.15, 0.2) is 24.3 Å². The van der Waals surface area contributed by atoms with Crippen LogP contribution in [0.1, 0.15) is 29.9 Å². The topological polar surface area (TPSA) is 32.3 Å². The quantitative estimate of drug-likeness (QED) is 0.786. The molecule has 0 atom stereocenters. The molecular weight excluding hydrogens is 186 g/mol. The summed E-state index contributed by atoms with van der Waals surface area (Å²) < 4.78 is 0. The van der Waals surface area contributed by atoms with Gasteiger partial charge in [-0.2, -0.15) is 0 Å². The minimum Gasteiger partial charge on any atom is -0.395 e. The SMILES string of the molecule is Cc1ccc(C2CC(NCCO)C2)cc1. The second-order valence-corrected chi connectivity index (χ2v) is 4.45. The minimum absolute atomic E-state index is 0.242. The average molecular weight is 205 g/mol. The third kappa shape index (κ3) is 2.58. The Morgan fingerprint density at radius 1 is 1.27 bits per heavy atom. The van der Waals surface area contributed by atoms with E-state index in [1.807, 2.05) is 0 Å². The van der Waals surface area contributed by atoms with Gasteiger partial charge in [0.1, 0.15) is 0 Å². The Kier molecular flexibility index (Phi) is 3.39. The zero-order chi connectivity index (χ0) is 10.7. The van der Waals surface area contributed by atoms with Crippen LogP contribution >= 0.6 is 0 Å². The van der Waals surface area contributed by atoms with Crippen molar-refractivity contribution in [3.8, 4) is 0 Å². The van der Waals surface area contributed by atoms with Gasteiger partial charge in [-0.25, -0.2) is 0 Å². The molecule has 82 valence electrons. The first-order valence-electron chi connectivity index (χ1n) is 5.70. The summed E-state index contributed by atoms with van der Waals surface area (Å²) in [6, 6.07) is 9.46. The molecule has 15 heavy (non-hydrogen) atoms. The Morgan fingerprint density at radius 2 is 1.93 bits per heavy atom. The van der Waals surface area contributed by atoms with Crippen LogP contribution in [0.4, 0.5) is 0 Å². The molecule has 0 unspecified atom stereocenters. The number of rotatable bonds is 4. The first kappa shape index (κ1) is 10.7. The van der Waals surface area contributed by atoms with E-state index in [0.717, 1.165) is 12.5 Å². The molecule has 2 heteroatoms. The fourth-order valence-corrected chi connectivity index (χ4v) is 2.16. The van der Waals surface area contributed by atoms with E-state index in [9.17, 15) is 0 Å². The van der Waals surface area contributed by atoms with Gasteiger partial charge in [-0.1, -0.05) is 29.8 Å². The highest BCUT2D eigenvalue weighted by Crippen LogP contribution is 2.36. The maximum Gasteiger partial charge on any atom is 0.0556 e. The Labute approximate surface area is 91.3 Å². The van der Waals surface area contributed by atoms with Crippen molar-refractivity contribution in [2.75, 3.05) is 13.2 Å². The molecule has 0 aromatic heterocycles. The van der Waals surface area contributed by atoms with Crippen molar-refractivity contribution < 1.29 is 5.11 Å². The van der Waals surface area contributed by atoms with E-state index in [1.165, 1.54) is 24.0 Å². The summed E-state index contributed by atoms with van der Waals surface area (Å²) in [4.78, 5) is 0. The van der Waals surface area contributed by atoms with Crippen LogP contribution in [-0.2, 0) is 0 Å². The third-order valence-corrected chi connectivity index (χ3v) is 3.23. The maximum absolute atomic E-state index is 8.69. The summed E-state index contributed by atoms with van der Waals surface area (Å²) in [6.07, 6.45) is 2.42. The number of aliphatic hydroxyl groups excluding tert-OH is 1. The number of hydrogen-bond donors (Lipinski definition) is 2. The summed E-state index contributed by atoms with van der Waals surface area (Å²) >= 11 is 0. The molecule has 1 aromatic rings. The normalized spacial score (nSPS) is 24.9. The molecular formula is C13H19NO. The molecule has 1 aliphatic rings. The smallest absolute Gasteiger partial charge is 0.0556 e. The molecule has 0 radical (unpaired) electrons. The summed E-state index contributed by atoms with van der Waals surface area (Å²) in [5.41, 5.74) is 2.79. The molecule has 1 saturated carbocycles. The number of hydrogen-bond acceptors (Lipinski definition) is 2. The summed E-state index contributed by atoms with van der Waals surface area (Å²) in [5, 5.41) is 12.0. The van der Waals surface area contributed by atoms with Gasteiger partial charge in [-0.15, -0.1) is 0 Å². The summed E-state index contributed by atoms with van der Waals surface area (Å²) in [7, 11) is 0. The van der Waals surface area contributed by atoms with Gasteiger partial charge in [0.2, 0.25) is 0 Å². The number of aryl methyl sites for hydroxylation is 1. The molecule has 0 bridgehead atoms. The van der Waals surface area contributed by atoms with Gasteiger partial charge in [0, 0.05) is 12.6 Å². The van der Waals surface area contributed by atoms with Gasteiger partial charge >= 0.3 is 0 Å². The van der Waals surface area contributed by atoms with Crippen LogP contribution in [0.25, 0.3) is 0 Å². The molecule has 0 aliphatic heterocycles. The molecule has 0 heterocycles. The van der Waals surface area contributed by atoms with Gasteiger partial charge in [-0.05, 0) is 31.2 Å². The van der Waals surface area contributed by atoms with E-state index in [0.29, 0.717) is 6.04 Å². The van der Waals surface area contributed by atoms with Crippen LogP contribution in [0, 0.1) is 6.92 Å². The van der Waals surface area contributed by atoms with E-state index >= 15 is 0 Å². The molecule has 1 aliphatic carbocycles. The predicted molar refractivity (Wildman–Crippen MR) is 62.0 cm³/mol.